The van der Waals surface area contributed by atoms with Crippen LogP contribution in [0.2, 0.25) is 0 Å². The number of aryl methyl sites for hydroxylation is 1. The highest BCUT2D eigenvalue weighted by molar-refractivity contribution is 7.99. The molecular formula is C26H25N3O3S. The molecule has 0 aliphatic heterocycles. The van der Waals surface area contributed by atoms with Crippen molar-refractivity contribution >= 4 is 34.3 Å². The number of anilines is 1. The Labute approximate surface area is 196 Å². The fourth-order valence-corrected chi connectivity index (χ4v) is 4.30. The van der Waals surface area contributed by atoms with Gasteiger partial charge in [0.2, 0.25) is 5.91 Å². The number of carbonyl (C=O) groups excluding carboxylic acids is 1. The fraction of sp³-hybridized carbons (Fsp3) is 0.192. The third-order valence-corrected chi connectivity index (χ3v) is 6.08. The van der Waals surface area contributed by atoms with Crippen LogP contribution in [-0.4, -0.2) is 27.8 Å². The van der Waals surface area contributed by atoms with Gasteiger partial charge in [0.15, 0.2) is 5.16 Å². The largest absolute Gasteiger partial charge is 0.492 e. The van der Waals surface area contributed by atoms with Crippen LogP contribution >= 0.6 is 11.8 Å². The molecule has 4 rings (SSSR count). The molecule has 168 valence electrons. The predicted octanol–water partition coefficient (Wildman–Crippen LogP) is 5.08. The second-order valence-corrected chi connectivity index (χ2v) is 8.28. The number of rotatable bonds is 8. The number of nitrogens with one attached hydrogen (secondary N) is 1. The maximum absolute atomic E-state index is 13.3. The van der Waals surface area contributed by atoms with Gasteiger partial charge in [0.05, 0.1) is 34.6 Å². The van der Waals surface area contributed by atoms with Crippen molar-refractivity contribution in [3.05, 3.63) is 88.7 Å². The van der Waals surface area contributed by atoms with Crippen LogP contribution in [0.4, 0.5) is 5.69 Å². The minimum atomic E-state index is -0.206. The molecule has 33 heavy (non-hydrogen) atoms. The molecule has 0 fully saturated rings. The van der Waals surface area contributed by atoms with Crippen molar-refractivity contribution < 1.29 is 9.53 Å². The molecule has 0 unspecified atom stereocenters. The Hall–Kier alpha value is -3.58. The average Bonchev–Trinajstić information content (AvgIpc) is 2.84. The number of amides is 1. The Bertz CT molecular complexity index is 1330. The number of ether oxygens (including phenoxy) is 1. The number of carbonyl (C=O) groups is 1. The predicted molar refractivity (Wildman–Crippen MR) is 134 cm³/mol. The molecule has 0 aliphatic rings. The van der Waals surface area contributed by atoms with Crippen molar-refractivity contribution in [1.29, 1.82) is 0 Å². The SMILES string of the molecule is CCOc1ccccc1NC(=O)CSc1nc2ccccc2c(=O)n1-c1ccc(CC)cc1. The van der Waals surface area contributed by atoms with E-state index < -0.39 is 0 Å². The third-order valence-electron chi connectivity index (χ3n) is 5.14. The molecule has 1 amide bonds. The summed E-state index contributed by atoms with van der Waals surface area (Å²) in [7, 11) is 0. The normalized spacial score (nSPS) is 10.8. The van der Waals surface area contributed by atoms with Gasteiger partial charge in [-0.15, -0.1) is 0 Å². The molecule has 6 nitrogen and oxygen atoms in total. The molecular weight excluding hydrogens is 434 g/mol. The van der Waals surface area contributed by atoms with Crippen molar-refractivity contribution in [2.45, 2.75) is 25.4 Å². The van der Waals surface area contributed by atoms with E-state index in [2.05, 4.69) is 12.2 Å². The smallest absolute Gasteiger partial charge is 0.266 e. The lowest BCUT2D eigenvalue weighted by Gasteiger charge is -2.14. The first-order valence-corrected chi connectivity index (χ1v) is 11.8. The average molecular weight is 460 g/mol. The van der Waals surface area contributed by atoms with Crippen LogP contribution in [-0.2, 0) is 11.2 Å². The maximum Gasteiger partial charge on any atom is 0.266 e. The van der Waals surface area contributed by atoms with Gasteiger partial charge in [0, 0.05) is 0 Å². The van der Waals surface area contributed by atoms with Gasteiger partial charge in [-0.1, -0.05) is 55.1 Å². The van der Waals surface area contributed by atoms with Crippen molar-refractivity contribution in [3.8, 4) is 11.4 Å². The fourth-order valence-electron chi connectivity index (χ4n) is 3.49. The molecule has 1 aromatic heterocycles. The zero-order valence-corrected chi connectivity index (χ0v) is 19.4. The molecule has 1 N–H and O–H groups in total. The van der Waals surface area contributed by atoms with Crippen molar-refractivity contribution in [3.63, 3.8) is 0 Å². The highest BCUT2D eigenvalue weighted by Gasteiger charge is 2.15. The summed E-state index contributed by atoms with van der Waals surface area (Å²) < 4.78 is 7.16. The van der Waals surface area contributed by atoms with Crippen molar-refractivity contribution in [2.24, 2.45) is 0 Å². The van der Waals surface area contributed by atoms with Crippen LogP contribution in [0.1, 0.15) is 19.4 Å². The monoisotopic (exact) mass is 459 g/mol. The summed E-state index contributed by atoms with van der Waals surface area (Å²) in [6.07, 6.45) is 0.913. The maximum atomic E-state index is 13.3. The Morgan fingerprint density at radius 1 is 1.00 bits per heavy atom. The van der Waals surface area contributed by atoms with E-state index in [1.165, 1.54) is 17.3 Å². The first-order chi connectivity index (χ1) is 16.1. The first-order valence-electron chi connectivity index (χ1n) is 10.9. The van der Waals surface area contributed by atoms with Crippen LogP contribution in [0.25, 0.3) is 16.6 Å². The summed E-state index contributed by atoms with van der Waals surface area (Å²) >= 11 is 1.23. The third kappa shape index (κ3) is 5.09. The lowest BCUT2D eigenvalue weighted by atomic mass is 10.1. The Kier molecular flexibility index (Phi) is 7.10. The molecule has 0 bridgehead atoms. The Balaban J connectivity index is 1.64. The van der Waals surface area contributed by atoms with Crippen LogP contribution in [0.5, 0.6) is 5.75 Å². The minimum absolute atomic E-state index is 0.0955. The molecule has 7 heteroatoms. The van der Waals surface area contributed by atoms with Gasteiger partial charge in [-0.3, -0.25) is 14.2 Å². The molecule has 4 aromatic rings. The second-order valence-electron chi connectivity index (χ2n) is 7.34. The van der Waals surface area contributed by atoms with Crippen molar-refractivity contribution in [2.75, 3.05) is 17.7 Å². The number of nitrogens with zero attached hydrogens (tertiary/aromatic N) is 2. The van der Waals surface area contributed by atoms with Crippen LogP contribution < -0.4 is 15.6 Å². The van der Waals surface area contributed by atoms with E-state index >= 15 is 0 Å². The highest BCUT2D eigenvalue weighted by Crippen LogP contribution is 2.25. The minimum Gasteiger partial charge on any atom is -0.492 e. The van der Waals surface area contributed by atoms with Gasteiger partial charge >= 0.3 is 0 Å². The lowest BCUT2D eigenvalue weighted by Crippen LogP contribution is -2.23. The number of hydrogen-bond donors (Lipinski definition) is 1. The van der Waals surface area contributed by atoms with Gasteiger partial charge in [-0.05, 0) is 55.3 Å². The first kappa shape index (κ1) is 22.6. The standard InChI is InChI=1S/C26H25N3O3S/c1-3-18-13-15-19(16-14-18)29-25(31)20-9-5-6-10-21(20)28-26(29)33-17-24(30)27-22-11-7-8-12-23(22)32-4-2/h5-16H,3-4,17H2,1-2H3,(H,27,30). The summed E-state index contributed by atoms with van der Waals surface area (Å²) in [5, 5.41) is 3.90. The molecule has 1 heterocycles. The van der Waals surface area contributed by atoms with E-state index in [-0.39, 0.29) is 17.2 Å². The Morgan fingerprint density at radius 2 is 1.73 bits per heavy atom. The van der Waals surface area contributed by atoms with Crippen molar-refractivity contribution in [1.82, 2.24) is 9.55 Å². The van der Waals surface area contributed by atoms with Crippen LogP contribution in [0.3, 0.4) is 0 Å². The molecule has 0 radical (unpaired) electrons. The zero-order valence-electron chi connectivity index (χ0n) is 18.6. The van der Waals surface area contributed by atoms with E-state index in [1.807, 2.05) is 67.6 Å². The highest BCUT2D eigenvalue weighted by atomic mass is 32.2. The zero-order chi connectivity index (χ0) is 23.2. The molecule has 0 spiro atoms. The lowest BCUT2D eigenvalue weighted by molar-refractivity contribution is -0.113. The van der Waals surface area contributed by atoms with Gasteiger partial charge in [0.1, 0.15) is 5.75 Å². The van der Waals surface area contributed by atoms with E-state index in [0.717, 1.165) is 12.1 Å². The molecule has 0 saturated carbocycles. The Morgan fingerprint density at radius 3 is 2.48 bits per heavy atom. The summed E-state index contributed by atoms with van der Waals surface area (Å²) in [5.74, 6) is 0.510. The van der Waals surface area contributed by atoms with Gasteiger partial charge in [-0.2, -0.15) is 0 Å². The molecule has 0 atom stereocenters. The van der Waals surface area contributed by atoms with Gasteiger partial charge in [0.25, 0.3) is 5.56 Å². The molecule has 0 saturated heterocycles. The number of aromatic nitrogens is 2. The van der Waals surface area contributed by atoms with E-state index in [0.29, 0.717) is 34.1 Å². The molecule has 3 aromatic carbocycles. The van der Waals surface area contributed by atoms with Crippen LogP contribution in [0, 0.1) is 0 Å². The summed E-state index contributed by atoms with van der Waals surface area (Å²) in [6.45, 7) is 4.49. The number of thioether (sulfide) groups is 1. The van der Waals surface area contributed by atoms with Gasteiger partial charge in [-0.25, -0.2) is 4.98 Å². The number of fused-ring (bicyclic) bond motifs is 1. The molecule has 0 aliphatic carbocycles. The number of benzene rings is 3. The van der Waals surface area contributed by atoms with E-state index in [1.54, 1.807) is 16.7 Å². The summed E-state index contributed by atoms with van der Waals surface area (Å²) in [5.41, 5.74) is 2.97. The number of para-hydroxylation sites is 3. The van der Waals surface area contributed by atoms with E-state index in [9.17, 15) is 9.59 Å². The van der Waals surface area contributed by atoms with Gasteiger partial charge < -0.3 is 10.1 Å². The summed E-state index contributed by atoms with van der Waals surface area (Å²) in [6, 6.07) is 22.4. The van der Waals surface area contributed by atoms with E-state index in [4.69, 9.17) is 9.72 Å². The quantitative estimate of drug-likeness (QED) is 0.294. The van der Waals surface area contributed by atoms with Crippen LogP contribution in [0.15, 0.2) is 82.7 Å². The summed E-state index contributed by atoms with van der Waals surface area (Å²) in [4.78, 5) is 30.8. The second kappa shape index (κ2) is 10.4. The number of hydrogen-bond acceptors (Lipinski definition) is 5. The topological polar surface area (TPSA) is 73.2 Å².